The van der Waals surface area contributed by atoms with Crippen LogP contribution in [0.2, 0.25) is 0 Å². The molecule has 1 aliphatic rings. The van der Waals surface area contributed by atoms with Gasteiger partial charge in [0.1, 0.15) is 0 Å². The van der Waals surface area contributed by atoms with E-state index in [1.54, 1.807) is 0 Å². The van der Waals surface area contributed by atoms with E-state index in [4.69, 9.17) is 5.73 Å². The van der Waals surface area contributed by atoms with Crippen LogP contribution in [-0.4, -0.2) is 42.5 Å². The number of carbonyl (C=O) groups is 1. The fraction of sp³-hybridized carbons (Fsp3) is 0.917. The Morgan fingerprint density at radius 1 is 1.38 bits per heavy atom. The summed E-state index contributed by atoms with van der Waals surface area (Å²) in [4.78, 5) is 14.1. The Balaban J connectivity index is 2.47. The second-order valence-corrected chi connectivity index (χ2v) is 5.75. The van der Waals surface area contributed by atoms with E-state index < -0.39 is 5.54 Å². The van der Waals surface area contributed by atoms with Gasteiger partial charge in [-0.15, -0.1) is 0 Å². The highest BCUT2D eigenvalue weighted by Crippen LogP contribution is 2.27. The van der Waals surface area contributed by atoms with E-state index in [9.17, 15) is 4.79 Å². The van der Waals surface area contributed by atoms with Crippen LogP contribution in [0.4, 0.5) is 0 Å². The van der Waals surface area contributed by atoms with Gasteiger partial charge < -0.3 is 16.0 Å². The van der Waals surface area contributed by atoms with E-state index in [1.807, 2.05) is 14.1 Å². The van der Waals surface area contributed by atoms with E-state index >= 15 is 0 Å². The summed E-state index contributed by atoms with van der Waals surface area (Å²) in [6.45, 7) is 4.84. The number of nitrogens with two attached hydrogens (primary N) is 1. The van der Waals surface area contributed by atoms with Crippen molar-refractivity contribution in [1.82, 2.24) is 10.2 Å². The van der Waals surface area contributed by atoms with Crippen molar-refractivity contribution in [3.8, 4) is 0 Å². The van der Waals surface area contributed by atoms with Crippen molar-refractivity contribution in [2.75, 3.05) is 20.6 Å². The predicted molar refractivity (Wildman–Crippen MR) is 66.2 cm³/mol. The second kappa shape index (κ2) is 4.72. The van der Waals surface area contributed by atoms with Crippen molar-refractivity contribution in [3.05, 3.63) is 0 Å². The molecule has 1 amide bonds. The maximum Gasteiger partial charge on any atom is 0.240 e. The fourth-order valence-corrected chi connectivity index (χ4v) is 1.86. The van der Waals surface area contributed by atoms with Crippen LogP contribution < -0.4 is 11.1 Å². The molecule has 3 N–H and O–H groups in total. The predicted octanol–water partition coefficient (Wildman–Crippen LogP) is 0.714. The van der Waals surface area contributed by atoms with Gasteiger partial charge in [-0.3, -0.25) is 4.79 Å². The number of carbonyl (C=O) groups excluding carboxylic acids is 1. The molecule has 0 saturated heterocycles. The second-order valence-electron chi connectivity index (χ2n) is 5.75. The zero-order valence-electron chi connectivity index (χ0n) is 11.0. The van der Waals surface area contributed by atoms with Gasteiger partial charge in [0.2, 0.25) is 5.91 Å². The SMILES string of the molecule is CN(C)C(C)(C)CNC(=O)C1(N)CCCC1. The van der Waals surface area contributed by atoms with Gasteiger partial charge >= 0.3 is 0 Å². The number of rotatable bonds is 4. The highest BCUT2D eigenvalue weighted by atomic mass is 16.2. The van der Waals surface area contributed by atoms with Gasteiger partial charge in [-0.25, -0.2) is 0 Å². The first kappa shape index (κ1) is 13.5. The van der Waals surface area contributed by atoms with Crippen LogP contribution in [0.5, 0.6) is 0 Å². The Hall–Kier alpha value is -0.610. The van der Waals surface area contributed by atoms with Gasteiger partial charge in [0.05, 0.1) is 5.54 Å². The Kier molecular flexibility index (Phi) is 3.97. The van der Waals surface area contributed by atoms with Crippen LogP contribution in [0.25, 0.3) is 0 Å². The van der Waals surface area contributed by atoms with Crippen LogP contribution in [0, 0.1) is 0 Å². The molecule has 0 heterocycles. The largest absolute Gasteiger partial charge is 0.353 e. The van der Waals surface area contributed by atoms with Gasteiger partial charge in [0, 0.05) is 12.1 Å². The lowest BCUT2D eigenvalue weighted by atomic mass is 9.97. The molecule has 94 valence electrons. The zero-order valence-corrected chi connectivity index (χ0v) is 11.0. The van der Waals surface area contributed by atoms with Crippen LogP contribution >= 0.6 is 0 Å². The molecule has 0 aromatic heterocycles. The minimum absolute atomic E-state index is 0.0138. The van der Waals surface area contributed by atoms with E-state index in [0.29, 0.717) is 6.54 Å². The summed E-state index contributed by atoms with van der Waals surface area (Å²) < 4.78 is 0. The van der Waals surface area contributed by atoms with Crippen molar-refractivity contribution < 1.29 is 4.79 Å². The van der Waals surface area contributed by atoms with Gasteiger partial charge in [-0.1, -0.05) is 12.8 Å². The summed E-state index contributed by atoms with van der Waals surface area (Å²) in [7, 11) is 4.03. The Bertz CT molecular complexity index is 255. The van der Waals surface area contributed by atoms with Crippen molar-refractivity contribution in [3.63, 3.8) is 0 Å². The lowest BCUT2D eigenvalue weighted by Crippen LogP contribution is -2.56. The summed E-state index contributed by atoms with van der Waals surface area (Å²) in [6, 6.07) is 0. The molecule has 0 spiro atoms. The number of amides is 1. The van der Waals surface area contributed by atoms with Crippen LogP contribution in [0.1, 0.15) is 39.5 Å². The molecule has 0 aliphatic heterocycles. The number of nitrogens with zero attached hydrogens (tertiary/aromatic N) is 1. The average molecular weight is 227 g/mol. The Labute approximate surface area is 98.6 Å². The minimum Gasteiger partial charge on any atom is -0.353 e. The first-order valence-corrected chi connectivity index (χ1v) is 6.03. The summed E-state index contributed by atoms with van der Waals surface area (Å²) in [5.41, 5.74) is 5.44. The maximum absolute atomic E-state index is 12.0. The van der Waals surface area contributed by atoms with Gasteiger partial charge in [-0.05, 0) is 40.8 Å². The molecule has 0 bridgehead atoms. The van der Waals surface area contributed by atoms with E-state index in [-0.39, 0.29) is 11.4 Å². The highest BCUT2D eigenvalue weighted by Gasteiger charge is 2.37. The van der Waals surface area contributed by atoms with Crippen molar-refractivity contribution in [2.24, 2.45) is 5.73 Å². The molecular weight excluding hydrogens is 202 g/mol. The monoisotopic (exact) mass is 227 g/mol. The number of nitrogens with one attached hydrogen (secondary N) is 1. The zero-order chi connectivity index (χ0) is 12.4. The Morgan fingerprint density at radius 2 is 1.88 bits per heavy atom. The van der Waals surface area contributed by atoms with Gasteiger partial charge in [0.15, 0.2) is 0 Å². The van der Waals surface area contributed by atoms with E-state index in [2.05, 4.69) is 24.1 Å². The minimum atomic E-state index is -0.609. The van der Waals surface area contributed by atoms with Crippen LogP contribution in [-0.2, 0) is 4.79 Å². The Morgan fingerprint density at radius 3 is 2.31 bits per heavy atom. The third-order valence-corrected chi connectivity index (χ3v) is 3.84. The highest BCUT2D eigenvalue weighted by molar-refractivity contribution is 5.86. The molecular formula is C12H25N3O. The van der Waals surface area contributed by atoms with Crippen LogP contribution in [0.3, 0.4) is 0 Å². The molecule has 16 heavy (non-hydrogen) atoms. The topological polar surface area (TPSA) is 58.4 Å². The summed E-state index contributed by atoms with van der Waals surface area (Å²) in [5, 5.41) is 2.98. The smallest absolute Gasteiger partial charge is 0.240 e. The third kappa shape index (κ3) is 2.95. The molecule has 1 aliphatic carbocycles. The molecule has 4 nitrogen and oxygen atoms in total. The third-order valence-electron chi connectivity index (χ3n) is 3.84. The van der Waals surface area contributed by atoms with E-state index in [1.165, 1.54) is 0 Å². The van der Waals surface area contributed by atoms with Crippen molar-refractivity contribution in [2.45, 2.75) is 50.6 Å². The summed E-state index contributed by atoms with van der Waals surface area (Å²) in [6.07, 6.45) is 3.78. The quantitative estimate of drug-likeness (QED) is 0.744. The molecule has 0 atom stereocenters. The molecule has 0 aromatic rings. The number of hydrogen-bond donors (Lipinski definition) is 2. The maximum atomic E-state index is 12.0. The van der Waals surface area contributed by atoms with Crippen molar-refractivity contribution >= 4 is 5.91 Å². The first-order valence-electron chi connectivity index (χ1n) is 6.03. The number of hydrogen-bond acceptors (Lipinski definition) is 3. The molecule has 0 radical (unpaired) electrons. The normalized spacial score (nSPS) is 20.1. The molecule has 0 unspecified atom stereocenters. The molecule has 1 fully saturated rings. The van der Waals surface area contributed by atoms with Gasteiger partial charge in [0.25, 0.3) is 0 Å². The van der Waals surface area contributed by atoms with Gasteiger partial charge in [-0.2, -0.15) is 0 Å². The van der Waals surface area contributed by atoms with E-state index in [0.717, 1.165) is 25.7 Å². The molecule has 1 rings (SSSR count). The standard InChI is InChI=1S/C12H25N3O/c1-11(2,15(3)4)9-14-10(16)12(13)7-5-6-8-12/h5-9,13H2,1-4H3,(H,14,16). The lowest BCUT2D eigenvalue weighted by Gasteiger charge is -2.34. The molecule has 1 saturated carbocycles. The summed E-state index contributed by atoms with van der Waals surface area (Å²) >= 11 is 0. The average Bonchev–Trinajstić information content (AvgIpc) is 2.62. The van der Waals surface area contributed by atoms with Crippen LogP contribution in [0.15, 0.2) is 0 Å². The first-order chi connectivity index (χ1) is 7.28. The summed E-state index contributed by atoms with van der Waals surface area (Å²) in [5.74, 6) is 0.0138. The molecule has 4 heteroatoms. The van der Waals surface area contributed by atoms with Crippen molar-refractivity contribution in [1.29, 1.82) is 0 Å². The lowest BCUT2D eigenvalue weighted by molar-refractivity contribution is -0.126. The fourth-order valence-electron chi connectivity index (χ4n) is 1.86. The molecule has 0 aromatic carbocycles. The number of likely N-dealkylation sites (N-methyl/N-ethyl adjacent to an activating group) is 1.